The van der Waals surface area contributed by atoms with Gasteiger partial charge in [-0.1, -0.05) is 30.0 Å². The first-order chi connectivity index (χ1) is 20.5. The second kappa shape index (κ2) is 15.2. The third-order valence-electron chi connectivity index (χ3n) is 7.47. The number of rotatable bonds is 10. The Hall–Kier alpha value is -1.52. The Bertz CT molecular complexity index is 1020. The fraction of sp³-hybridized carbons (Fsp3) is 0.731. The molecule has 0 aromatic heterocycles. The first kappa shape index (κ1) is 34.4. The van der Waals surface area contributed by atoms with Gasteiger partial charge in [0.15, 0.2) is 12.6 Å². The van der Waals surface area contributed by atoms with Crippen molar-refractivity contribution in [2.75, 3.05) is 19.8 Å². The number of thioether (sulfide) groups is 1. The molecule has 43 heavy (non-hydrogen) atoms. The van der Waals surface area contributed by atoms with Crippen LogP contribution >= 0.6 is 11.8 Å². The summed E-state index contributed by atoms with van der Waals surface area (Å²) in [5.74, 6) is -0.481. The third kappa shape index (κ3) is 7.66. The Labute approximate surface area is 250 Å². The number of benzene rings is 1. The van der Waals surface area contributed by atoms with Crippen molar-refractivity contribution in [2.45, 2.75) is 103 Å². The van der Waals surface area contributed by atoms with Gasteiger partial charge in [0.2, 0.25) is 5.91 Å². The van der Waals surface area contributed by atoms with E-state index in [4.69, 9.17) is 23.7 Å². The molecule has 0 saturated carbocycles. The van der Waals surface area contributed by atoms with E-state index in [9.17, 15) is 50.8 Å². The van der Waals surface area contributed by atoms with Crippen LogP contribution in [0.4, 0.5) is 0 Å². The molecule has 3 saturated heterocycles. The van der Waals surface area contributed by atoms with Gasteiger partial charge < -0.3 is 75.0 Å². The molecule has 0 unspecified atom stereocenters. The Morgan fingerprint density at radius 1 is 0.721 bits per heavy atom. The van der Waals surface area contributed by atoms with E-state index in [0.29, 0.717) is 0 Å². The van der Waals surface area contributed by atoms with Crippen molar-refractivity contribution in [1.29, 1.82) is 0 Å². The first-order valence-corrected chi connectivity index (χ1v) is 14.6. The molecule has 15 atom stereocenters. The lowest BCUT2D eigenvalue weighted by Crippen LogP contribution is -2.67. The Morgan fingerprint density at radius 2 is 1.23 bits per heavy atom. The van der Waals surface area contributed by atoms with Crippen LogP contribution in [0.25, 0.3) is 0 Å². The van der Waals surface area contributed by atoms with Crippen LogP contribution in [0, 0.1) is 0 Å². The van der Waals surface area contributed by atoms with Gasteiger partial charge in [-0.05, 0) is 12.1 Å². The summed E-state index contributed by atoms with van der Waals surface area (Å²) in [4.78, 5) is 12.8. The number of amides is 1. The van der Waals surface area contributed by atoms with Crippen LogP contribution in [-0.4, -0.2) is 163 Å². The zero-order valence-corrected chi connectivity index (χ0v) is 23.9. The molecule has 10 N–H and O–H groups in total. The standard InChI is InChI=1S/C26H39NO15S/c1-10(31)27-15-17(33)22(14(9-30)40-26(15)43-11-5-3-2-4-6-11)41-25-21(37)19(35)23(13(8-29)39-25)42-24-20(36)18(34)16(32)12(7-28)38-24/h2-6,12-26,28-30,32-37H,7-9H2,1H3,(H,27,31)/t12-,13-,14-,15-,16+,17-,18+,19-,20-,21-,22-,23+,24+,25+,26+/m1/s1. The molecule has 3 aliphatic rings. The summed E-state index contributed by atoms with van der Waals surface area (Å²) in [6.07, 6.45) is -20.8. The van der Waals surface area contributed by atoms with Crippen LogP contribution < -0.4 is 5.32 Å². The van der Waals surface area contributed by atoms with E-state index in [2.05, 4.69) is 5.32 Å². The van der Waals surface area contributed by atoms with Crippen molar-refractivity contribution < 1.29 is 74.4 Å². The highest BCUT2D eigenvalue weighted by molar-refractivity contribution is 7.99. The molecule has 3 fully saturated rings. The van der Waals surface area contributed by atoms with Crippen molar-refractivity contribution in [3.8, 4) is 0 Å². The molecule has 0 radical (unpaired) electrons. The lowest BCUT2D eigenvalue weighted by atomic mass is 9.95. The topological polar surface area (TPSA) is 257 Å². The highest BCUT2D eigenvalue weighted by Crippen LogP contribution is 2.36. The fourth-order valence-corrected chi connectivity index (χ4v) is 6.34. The highest BCUT2D eigenvalue weighted by Gasteiger charge is 2.53. The highest BCUT2D eigenvalue weighted by atomic mass is 32.2. The quantitative estimate of drug-likeness (QED) is 0.116. The summed E-state index contributed by atoms with van der Waals surface area (Å²) in [7, 11) is 0. The van der Waals surface area contributed by atoms with Crippen LogP contribution in [0.5, 0.6) is 0 Å². The maximum Gasteiger partial charge on any atom is 0.217 e. The van der Waals surface area contributed by atoms with Crippen molar-refractivity contribution >= 4 is 17.7 Å². The van der Waals surface area contributed by atoms with E-state index in [1.807, 2.05) is 6.07 Å². The van der Waals surface area contributed by atoms with Crippen LogP contribution in [-0.2, 0) is 28.5 Å². The number of carbonyl (C=O) groups is 1. The molecule has 1 amide bonds. The number of hydrogen-bond acceptors (Lipinski definition) is 16. The number of carbonyl (C=O) groups excluding carboxylic acids is 1. The second-order valence-electron chi connectivity index (χ2n) is 10.5. The van der Waals surface area contributed by atoms with E-state index in [1.165, 1.54) is 18.7 Å². The molecule has 244 valence electrons. The summed E-state index contributed by atoms with van der Waals surface area (Å²) in [5, 5.41) is 95.6. The summed E-state index contributed by atoms with van der Waals surface area (Å²) in [6.45, 7) is -0.934. The van der Waals surface area contributed by atoms with Crippen LogP contribution in [0.15, 0.2) is 35.2 Å². The van der Waals surface area contributed by atoms with Gasteiger partial charge in [0.1, 0.15) is 72.6 Å². The molecule has 3 heterocycles. The number of nitrogens with one attached hydrogen (secondary N) is 1. The lowest BCUT2D eigenvalue weighted by Gasteiger charge is -2.48. The zero-order chi connectivity index (χ0) is 31.4. The summed E-state index contributed by atoms with van der Waals surface area (Å²) >= 11 is 1.19. The van der Waals surface area contributed by atoms with Gasteiger partial charge in [0, 0.05) is 11.8 Å². The summed E-state index contributed by atoms with van der Waals surface area (Å²) < 4.78 is 28.3. The molecule has 1 aromatic carbocycles. The van der Waals surface area contributed by atoms with Crippen LogP contribution in [0.1, 0.15) is 6.92 Å². The first-order valence-electron chi connectivity index (χ1n) is 13.7. The maximum atomic E-state index is 12.0. The molecule has 3 aliphatic heterocycles. The molecule has 4 rings (SSSR count). The molecule has 0 bridgehead atoms. The Morgan fingerprint density at radius 3 is 1.79 bits per heavy atom. The minimum Gasteiger partial charge on any atom is -0.394 e. The van der Waals surface area contributed by atoms with E-state index in [-0.39, 0.29) is 0 Å². The smallest absolute Gasteiger partial charge is 0.217 e. The van der Waals surface area contributed by atoms with Gasteiger partial charge in [-0.25, -0.2) is 0 Å². The van der Waals surface area contributed by atoms with E-state index in [1.54, 1.807) is 24.3 Å². The average molecular weight is 638 g/mol. The van der Waals surface area contributed by atoms with Gasteiger partial charge in [-0.3, -0.25) is 4.79 Å². The third-order valence-corrected chi connectivity index (χ3v) is 8.65. The van der Waals surface area contributed by atoms with Crippen molar-refractivity contribution in [3.05, 3.63) is 30.3 Å². The summed E-state index contributed by atoms with van der Waals surface area (Å²) in [5.41, 5.74) is -0.859. The lowest BCUT2D eigenvalue weighted by molar-refractivity contribution is -0.369. The monoisotopic (exact) mass is 637 g/mol. The van der Waals surface area contributed by atoms with Gasteiger partial charge >= 0.3 is 0 Å². The predicted octanol–water partition coefficient (Wildman–Crippen LogP) is -4.63. The van der Waals surface area contributed by atoms with E-state index >= 15 is 0 Å². The largest absolute Gasteiger partial charge is 0.394 e. The number of hydrogen-bond donors (Lipinski definition) is 10. The van der Waals surface area contributed by atoms with E-state index < -0.39 is 117 Å². The Kier molecular flexibility index (Phi) is 12.1. The summed E-state index contributed by atoms with van der Waals surface area (Å²) in [6, 6.07) is 7.96. The molecular formula is C26H39NO15S. The average Bonchev–Trinajstić information content (AvgIpc) is 2.99. The van der Waals surface area contributed by atoms with Crippen molar-refractivity contribution in [3.63, 3.8) is 0 Å². The molecule has 1 aromatic rings. The minimum absolute atomic E-state index is 0.481. The Balaban J connectivity index is 1.49. The second-order valence-corrected chi connectivity index (χ2v) is 11.7. The maximum absolute atomic E-state index is 12.0. The van der Waals surface area contributed by atoms with Crippen molar-refractivity contribution in [2.24, 2.45) is 0 Å². The number of aliphatic hydroxyl groups is 9. The SMILES string of the molecule is CC(=O)N[C@@H]1[C@@H](O)[C@H](O[C@@H]2O[C@H](CO)[C@H](O[C@@H]3O[C@H](CO)[C@H](O)[C@H](O)[C@H]3O)[C@H](O)[C@H]2O)[C@@H](CO)O[C@H]1Sc1ccccc1. The minimum atomic E-state index is -1.89. The fourth-order valence-electron chi connectivity index (χ4n) is 5.18. The van der Waals surface area contributed by atoms with Crippen molar-refractivity contribution in [1.82, 2.24) is 5.32 Å². The zero-order valence-electron chi connectivity index (χ0n) is 23.1. The van der Waals surface area contributed by atoms with Crippen LogP contribution in [0.2, 0.25) is 0 Å². The molecule has 0 spiro atoms. The molecule has 0 aliphatic carbocycles. The van der Waals surface area contributed by atoms with Gasteiger partial charge in [0.25, 0.3) is 0 Å². The van der Waals surface area contributed by atoms with Gasteiger partial charge in [0.05, 0.1) is 25.9 Å². The van der Waals surface area contributed by atoms with Gasteiger partial charge in [-0.2, -0.15) is 0 Å². The predicted molar refractivity (Wildman–Crippen MR) is 143 cm³/mol. The number of ether oxygens (including phenoxy) is 5. The number of aliphatic hydroxyl groups excluding tert-OH is 9. The van der Waals surface area contributed by atoms with E-state index in [0.717, 1.165) is 4.90 Å². The molecule has 17 heteroatoms. The normalized spacial score (nSPS) is 43.7. The van der Waals surface area contributed by atoms with Gasteiger partial charge in [-0.15, -0.1) is 0 Å². The molecular weight excluding hydrogens is 598 g/mol. The molecule has 16 nitrogen and oxygen atoms in total. The van der Waals surface area contributed by atoms with Crippen LogP contribution in [0.3, 0.4) is 0 Å².